The maximum atomic E-state index is 11.6. The Hall–Kier alpha value is -1.40. The molecule has 0 aliphatic rings. The second-order valence-electron chi connectivity index (χ2n) is 3.46. The smallest absolute Gasteiger partial charge is 0.263 e. The molecule has 0 aliphatic carbocycles. The predicted molar refractivity (Wildman–Crippen MR) is 63.5 cm³/mol. The van der Waals surface area contributed by atoms with Crippen molar-refractivity contribution in [1.82, 2.24) is 0 Å². The van der Waals surface area contributed by atoms with Gasteiger partial charge in [0, 0.05) is 16.2 Å². The molecule has 1 rings (SSSR count). The highest BCUT2D eigenvalue weighted by atomic mass is 35.7. The number of benzene rings is 1. The summed E-state index contributed by atoms with van der Waals surface area (Å²) in [6.07, 6.45) is -0.323. The Bertz CT molecular complexity index is 580. The van der Waals surface area contributed by atoms with Crippen molar-refractivity contribution in [1.29, 1.82) is 0 Å². The molecule has 0 spiro atoms. The molecule has 0 aromatic heterocycles. The Kier molecular flexibility index (Phi) is 3.90. The molecule has 0 amide bonds. The molecule has 0 aliphatic heterocycles. The largest absolute Gasteiger partial charge is 0.397 e. The molecule has 0 atom stereocenters. The van der Waals surface area contributed by atoms with Crippen molar-refractivity contribution in [2.45, 2.75) is 18.2 Å². The van der Waals surface area contributed by atoms with Gasteiger partial charge in [-0.1, -0.05) is 6.07 Å². The topological polar surface area (TPSA) is 94.3 Å². The van der Waals surface area contributed by atoms with E-state index in [1.54, 1.807) is 0 Å². The van der Waals surface area contributed by atoms with Gasteiger partial charge in [0.15, 0.2) is 5.78 Å². The highest BCUT2D eigenvalue weighted by molar-refractivity contribution is 8.13. The number of para-hydroxylation sites is 1. The van der Waals surface area contributed by atoms with Gasteiger partial charge in [0.1, 0.15) is 10.7 Å². The summed E-state index contributed by atoms with van der Waals surface area (Å²) in [5.74, 6) is -0.856. The summed E-state index contributed by atoms with van der Waals surface area (Å²) >= 11 is 0. The van der Waals surface area contributed by atoms with Crippen LogP contribution >= 0.6 is 10.7 Å². The van der Waals surface area contributed by atoms with Crippen LogP contribution in [0.4, 0.5) is 5.69 Å². The lowest BCUT2D eigenvalue weighted by Gasteiger charge is -2.07. The number of ketones is 2. The Morgan fingerprint density at radius 3 is 2.41 bits per heavy atom. The van der Waals surface area contributed by atoms with Crippen LogP contribution in [0.5, 0.6) is 0 Å². The number of rotatable bonds is 4. The van der Waals surface area contributed by atoms with E-state index >= 15 is 0 Å². The van der Waals surface area contributed by atoms with E-state index in [0.717, 1.165) is 0 Å². The third kappa shape index (κ3) is 3.28. The quantitative estimate of drug-likeness (QED) is 0.387. The van der Waals surface area contributed by atoms with Crippen molar-refractivity contribution >= 4 is 37.0 Å². The fourth-order valence-electron chi connectivity index (χ4n) is 1.32. The number of Topliss-reactive ketones (excluding diaryl/α,β-unsaturated/α-hetero) is 2. The molecule has 2 N–H and O–H groups in total. The molecule has 0 unspecified atom stereocenters. The average molecular weight is 276 g/mol. The second kappa shape index (κ2) is 4.85. The highest BCUT2D eigenvalue weighted by Gasteiger charge is 2.20. The van der Waals surface area contributed by atoms with Crippen LogP contribution < -0.4 is 5.73 Å². The molecule has 17 heavy (non-hydrogen) atoms. The highest BCUT2D eigenvalue weighted by Crippen LogP contribution is 2.26. The lowest BCUT2D eigenvalue weighted by molar-refractivity contribution is -0.116. The maximum Gasteiger partial charge on any atom is 0.263 e. The fourth-order valence-corrected chi connectivity index (χ4v) is 2.34. The van der Waals surface area contributed by atoms with Gasteiger partial charge in [-0.15, -0.1) is 0 Å². The lowest BCUT2D eigenvalue weighted by atomic mass is 10.0. The molecule has 1 aromatic rings. The number of halogens is 1. The molecular weight excluding hydrogens is 266 g/mol. The number of anilines is 1. The minimum absolute atomic E-state index is 0.0121. The monoisotopic (exact) mass is 275 g/mol. The Balaban J connectivity index is 3.29. The predicted octanol–water partition coefficient (Wildman–Crippen LogP) is 1.36. The summed E-state index contributed by atoms with van der Waals surface area (Å²) in [6, 6.07) is 3.90. The molecule has 0 heterocycles. The number of hydrogen-bond donors (Lipinski definition) is 1. The molecule has 92 valence electrons. The third-order valence-electron chi connectivity index (χ3n) is 2.04. The Morgan fingerprint density at radius 1 is 1.35 bits per heavy atom. The molecule has 0 saturated heterocycles. The number of nitrogens with two attached hydrogens (primary N) is 1. The first-order valence-electron chi connectivity index (χ1n) is 4.59. The van der Waals surface area contributed by atoms with Crippen molar-refractivity contribution in [3.8, 4) is 0 Å². The van der Waals surface area contributed by atoms with Crippen molar-refractivity contribution < 1.29 is 18.0 Å². The molecule has 0 bridgehead atoms. The number of nitrogen functional groups attached to an aromatic ring is 1. The second-order valence-corrected chi connectivity index (χ2v) is 5.99. The van der Waals surface area contributed by atoms with E-state index in [1.807, 2.05) is 0 Å². The summed E-state index contributed by atoms with van der Waals surface area (Å²) in [7, 11) is 1.15. The van der Waals surface area contributed by atoms with Crippen LogP contribution in [0, 0.1) is 0 Å². The molecule has 5 nitrogen and oxygen atoms in total. The van der Waals surface area contributed by atoms with Crippen LogP contribution in [0.1, 0.15) is 23.7 Å². The van der Waals surface area contributed by atoms with Gasteiger partial charge < -0.3 is 5.73 Å². The van der Waals surface area contributed by atoms with Crippen LogP contribution in [0.3, 0.4) is 0 Å². The van der Waals surface area contributed by atoms with Gasteiger partial charge in [-0.25, -0.2) is 8.42 Å². The summed E-state index contributed by atoms with van der Waals surface area (Å²) in [4.78, 5) is 22.1. The summed E-state index contributed by atoms with van der Waals surface area (Å²) in [6.45, 7) is 1.26. The number of hydrogen-bond acceptors (Lipinski definition) is 5. The molecule has 0 radical (unpaired) electrons. The number of carbonyl (C=O) groups excluding carboxylic acids is 2. The van der Waals surface area contributed by atoms with Crippen LogP contribution in [-0.2, 0) is 13.8 Å². The van der Waals surface area contributed by atoms with Crippen molar-refractivity contribution in [2.75, 3.05) is 5.73 Å². The van der Waals surface area contributed by atoms with Crippen molar-refractivity contribution in [3.05, 3.63) is 23.8 Å². The first-order chi connectivity index (χ1) is 7.73. The van der Waals surface area contributed by atoms with Gasteiger partial charge >= 0.3 is 0 Å². The minimum Gasteiger partial charge on any atom is -0.397 e. The molecular formula is C10H10ClNO4S. The van der Waals surface area contributed by atoms with E-state index in [-0.39, 0.29) is 28.4 Å². The summed E-state index contributed by atoms with van der Waals surface area (Å²) in [5.41, 5.74) is 5.31. The minimum atomic E-state index is -4.01. The van der Waals surface area contributed by atoms with E-state index in [1.165, 1.54) is 25.1 Å². The maximum absolute atomic E-state index is 11.6. The summed E-state index contributed by atoms with van der Waals surface area (Å²) in [5, 5.41) is 0. The average Bonchev–Trinajstić information content (AvgIpc) is 2.14. The van der Waals surface area contributed by atoms with Gasteiger partial charge in [0.25, 0.3) is 9.05 Å². The van der Waals surface area contributed by atoms with E-state index < -0.39 is 14.8 Å². The van der Waals surface area contributed by atoms with Gasteiger partial charge in [-0.3, -0.25) is 9.59 Å². The fraction of sp³-hybridized carbons (Fsp3) is 0.200. The first kappa shape index (κ1) is 13.7. The Morgan fingerprint density at radius 2 is 1.94 bits per heavy atom. The standard InChI is InChI=1S/C10H10ClNO4S/c1-6(13)5-8(14)7-3-2-4-9(10(7)12)17(11,15)16/h2-4H,5,12H2,1H3. The van der Waals surface area contributed by atoms with E-state index in [4.69, 9.17) is 16.4 Å². The molecule has 0 fully saturated rings. The van der Waals surface area contributed by atoms with Gasteiger partial charge in [-0.2, -0.15) is 0 Å². The van der Waals surface area contributed by atoms with Crippen LogP contribution in [0.15, 0.2) is 23.1 Å². The zero-order chi connectivity index (χ0) is 13.2. The van der Waals surface area contributed by atoms with Crippen LogP contribution in [-0.4, -0.2) is 20.0 Å². The van der Waals surface area contributed by atoms with E-state index in [0.29, 0.717) is 0 Å². The molecule has 0 saturated carbocycles. The van der Waals surface area contributed by atoms with Gasteiger partial charge in [0.05, 0.1) is 12.1 Å². The van der Waals surface area contributed by atoms with E-state index in [9.17, 15) is 18.0 Å². The SMILES string of the molecule is CC(=O)CC(=O)c1cccc(S(=O)(=O)Cl)c1N. The molecule has 7 heteroatoms. The van der Waals surface area contributed by atoms with Gasteiger partial charge in [-0.05, 0) is 19.1 Å². The zero-order valence-electron chi connectivity index (χ0n) is 8.94. The summed E-state index contributed by atoms with van der Waals surface area (Å²) < 4.78 is 22.3. The molecule has 1 aromatic carbocycles. The Labute approximate surface area is 103 Å². The van der Waals surface area contributed by atoms with E-state index in [2.05, 4.69) is 0 Å². The normalized spacial score (nSPS) is 11.2. The lowest BCUT2D eigenvalue weighted by Crippen LogP contribution is -2.10. The first-order valence-corrected chi connectivity index (χ1v) is 6.90. The number of carbonyl (C=O) groups is 2. The van der Waals surface area contributed by atoms with Crippen LogP contribution in [0.25, 0.3) is 0 Å². The van der Waals surface area contributed by atoms with Crippen molar-refractivity contribution in [2.24, 2.45) is 0 Å². The van der Waals surface area contributed by atoms with Crippen LogP contribution in [0.2, 0.25) is 0 Å². The van der Waals surface area contributed by atoms with Gasteiger partial charge in [0.2, 0.25) is 0 Å². The zero-order valence-corrected chi connectivity index (χ0v) is 10.5. The van der Waals surface area contributed by atoms with Crippen molar-refractivity contribution in [3.63, 3.8) is 0 Å². The third-order valence-corrected chi connectivity index (χ3v) is 3.42.